The Morgan fingerprint density at radius 2 is 2.00 bits per heavy atom. The van der Waals surface area contributed by atoms with Crippen LogP contribution in [0.1, 0.15) is 44.6 Å². The van der Waals surface area contributed by atoms with Crippen LogP contribution in [0.3, 0.4) is 0 Å². The fourth-order valence-electron chi connectivity index (χ4n) is 2.27. The third kappa shape index (κ3) is 6.35. The largest absolute Gasteiger partial charge is 0.508 e. The molecular formula is C17H26O5. The molecule has 1 unspecified atom stereocenters. The molecule has 0 aliphatic rings. The number of phenolic OH excluding ortho intramolecular Hbond substituents is 2. The molecule has 0 amide bonds. The van der Waals surface area contributed by atoms with Crippen molar-refractivity contribution in [2.45, 2.75) is 45.4 Å². The molecule has 0 fully saturated rings. The molecule has 124 valence electrons. The zero-order chi connectivity index (χ0) is 16.4. The minimum absolute atomic E-state index is 0.0292. The first kappa shape index (κ1) is 18.3. The summed E-state index contributed by atoms with van der Waals surface area (Å²) in [4.78, 5) is 12.1. The molecule has 3 N–H and O–H groups in total. The van der Waals surface area contributed by atoms with Crippen LogP contribution in [-0.2, 0) is 16.0 Å². The molecule has 0 aromatic heterocycles. The van der Waals surface area contributed by atoms with E-state index in [4.69, 9.17) is 9.84 Å². The van der Waals surface area contributed by atoms with Crippen molar-refractivity contribution >= 4 is 5.97 Å². The number of benzene rings is 1. The Morgan fingerprint density at radius 1 is 1.23 bits per heavy atom. The van der Waals surface area contributed by atoms with E-state index in [9.17, 15) is 15.0 Å². The Balaban J connectivity index is 2.54. The van der Waals surface area contributed by atoms with E-state index in [-0.39, 0.29) is 36.9 Å². The highest BCUT2D eigenvalue weighted by Crippen LogP contribution is 2.26. The fraction of sp³-hybridized carbons (Fsp3) is 0.588. The van der Waals surface area contributed by atoms with Crippen LogP contribution in [0.5, 0.6) is 11.5 Å². The molecule has 0 saturated heterocycles. The normalized spacial score (nSPS) is 12.1. The molecule has 1 aromatic rings. The number of unbranched alkanes of at least 4 members (excludes halogenated alkanes) is 3. The summed E-state index contributed by atoms with van der Waals surface area (Å²) in [5, 5.41) is 28.2. The standard InChI is InChI=1S/C17H26O5/c1-2-3-4-5-10-22-17(21)14(8-9-18)11-13-6-7-15(19)12-16(13)20/h6-7,12,14,18-20H,2-5,8-11H2,1H3. The van der Waals surface area contributed by atoms with Gasteiger partial charge >= 0.3 is 5.97 Å². The van der Waals surface area contributed by atoms with Gasteiger partial charge in [-0.3, -0.25) is 4.79 Å². The van der Waals surface area contributed by atoms with E-state index in [0.29, 0.717) is 12.2 Å². The Hall–Kier alpha value is -1.75. The molecular weight excluding hydrogens is 284 g/mol. The number of aromatic hydroxyl groups is 2. The second-order valence-electron chi connectivity index (χ2n) is 5.45. The lowest BCUT2D eigenvalue weighted by Gasteiger charge is -2.16. The quantitative estimate of drug-likeness (QED) is 0.457. The van der Waals surface area contributed by atoms with Crippen LogP contribution < -0.4 is 0 Å². The number of hydrogen-bond acceptors (Lipinski definition) is 5. The van der Waals surface area contributed by atoms with E-state index in [2.05, 4.69) is 6.92 Å². The van der Waals surface area contributed by atoms with Crippen molar-refractivity contribution in [2.24, 2.45) is 5.92 Å². The molecule has 1 aromatic carbocycles. The molecule has 1 atom stereocenters. The zero-order valence-electron chi connectivity index (χ0n) is 13.1. The number of phenols is 2. The van der Waals surface area contributed by atoms with Crippen LogP contribution in [0.4, 0.5) is 0 Å². The number of rotatable bonds is 10. The van der Waals surface area contributed by atoms with E-state index in [1.54, 1.807) is 6.07 Å². The maximum Gasteiger partial charge on any atom is 0.309 e. The topological polar surface area (TPSA) is 87.0 Å². The summed E-state index contributed by atoms with van der Waals surface area (Å²) in [6.07, 6.45) is 4.69. The summed E-state index contributed by atoms with van der Waals surface area (Å²) >= 11 is 0. The van der Waals surface area contributed by atoms with E-state index >= 15 is 0 Å². The summed E-state index contributed by atoms with van der Waals surface area (Å²) in [5.41, 5.74) is 0.555. The first-order valence-electron chi connectivity index (χ1n) is 7.86. The van der Waals surface area contributed by atoms with Crippen molar-refractivity contribution in [3.63, 3.8) is 0 Å². The third-order valence-corrected chi connectivity index (χ3v) is 3.59. The molecule has 0 saturated carbocycles. The molecule has 0 aliphatic heterocycles. The molecule has 0 radical (unpaired) electrons. The summed E-state index contributed by atoms with van der Waals surface area (Å²) < 4.78 is 5.26. The predicted octanol–water partition coefficient (Wildman–Crippen LogP) is 2.76. The van der Waals surface area contributed by atoms with E-state index in [1.807, 2.05) is 0 Å². The number of carbonyl (C=O) groups is 1. The van der Waals surface area contributed by atoms with Crippen LogP contribution >= 0.6 is 0 Å². The van der Waals surface area contributed by atoms with Gasteiger partial charge in [-0.2, -0.15) is 0 Å². The molecule has 5 nitrogen and oxygen atoms in total. The van der Waals surface area contributed by atoms with Crippen LogP contribution in [0.15, 0.2) is 18.2 Å². The van der Waals surface area contributed by atoms with Gasteiger partial charge in [-0.25, -0.2) is 0 Å². The van der Waals surface area contributed by atoms with Gasteiger partial charge in [-0.05, 0) is 30.9 Å². The van der Waals surface area contributed by atoms with Gasteiger partial charge in [0.25, 0.3) is 0 Å². The van der Waals surface area contributed by atoms with Gasteiger partial charge in [0.15, 0.2) is 0 Å². The van der Waals surface area contributed by atoms with Crippen molar-refractivity contribution in [1.29, 1.82) is 0 Å². The monoisotopic (exact) mass is 310 g/mol. The summed E-state index contributed by atoms with van der Waals surface area (Å²) in [6, 6.07) is 4.27. The lowest BCUT2D eigenvalue weighted by molar-refractivity contribution is -0.149. The molecule has 1 rings (SSSR count). The maximum atomic E-state index is 12.1. The average Bonchev–Trinajstić information content (AvgIpc) is 2.49. The number of aliphatic hydroxyl groups excluding tert-OH is 1. The highest BCUT2D eigenvalue weighted by atomic mass is 16.5. The number of carbonyl (C=O) groups excluding carboxylic acids is 1. The lowest BCUT2D eigenvalue weighted by atomic mass is 9.96. The molecule has 0 bridgehead atoms. The zero-order valence-corrected chi connectivity index (χ0v) is 13.1. The summed E-state index contributed by atoms with van der Waals surface area (Å²) in [7, 11) is 0. The van der Waals surface area contributed by atoms with Crippen LogP contribution in [0.25, 0.3) is 0 Å². The molecule has 5 heteroatoms. The Kier molecular flexibility index (Phi) is 8.36. The molecule has 22 heavy (non-hydrogen) atoms. The fourth-order valence-corrected chi connectivity index (χ4v) is 2.27. The summed E-state index contributed by atoms with van der Waals surface area (Å²) in [6.45, 7) is 2.39. The first-order valence-corrected chi connectivity index (χ1v) is 7.86. The van der Waals surface area contributed by atoms with Gasteiger partial charge in [0, 0.05) is 12.7 Å². The van der Waals surface area contributed by atoms with E-state index < -0.39 is 5.92 Å². The van der Waals surface area contributed by atoms with Gasteiger partial charge < -0.3 is 20.1 Å². The van der Waals surface area contributed by atoms with Gasteiger partial charge in [-0.15, -0.1) is 0 Å². The lowest BCUT2D eigenvalue weighted by Crippen LogP contribution is -2.22. The van der Waals surface area contributed by atoms with Gasteiger partial charge in [0.05, 0.1) is 12.5 Å². The van der Waals surface area contributed by atoms with E-state index in [0.717, 1.165) is 25.7 Å². The minimum Gasteiger partial charge on any atom is -0.508 e. The number of esters is 1. The Labute approximate surface area is 131 Å². The third-order valence-electron chi connectivity index (χ3n) is 3.59. The van der Waals surface area contributed by atoms with Gasteiger partial charge in [0.1, 0.15) is 11.5 Å². The molecule has 0 spiro atoms. The highest BCUT2D eigenvalue weighted by Gasteiger charge is 2.21. The SMILES string of the molecule is CCCCCCOC(=O)C(CCO)Cc1ccc(O)cc1O. The average molecular weight is 310 g/mol. The molecule has 0 heterocycles. The Morgan fingerprint density at radius 3 is 2.64 bits per heavy atom. The van der Waals surface area contributed by atoms with Gasteiger partial charge in [0.2, 0.25) is 0 Å². The minimum atomic E-state index is -0.494. The van der Waals surface area contributed by atoms with Crippen LogP contribution in [-0.4, -0.2) is 34.5 Å². The van der Waals surface area contributed by atoms with Crippen molar-refractivity contribution in [1.82, 2.24) is 0 Å². The second kappa shape index (κ2) is 10.1. The van der Waals surface area contributed by atoms with Crippen molar-refractivity contribution in [3.8, 4) is 11.5 Å². The van der Waals surface area contributed by atoms with E-state index in [1.165, 1.54) is 12.1 Å². The predicted molar refractivity (Wildman–Crippen MR) is 83.8 cm³/mol. The molecule has 0 aliphatic carbocycles. The number of hydrogen-bond donors (Lipinski definition) is 3. The number of ether oxygens (including phenoxy) is 1. The van der Waals surface area contributed by atoms with Crippen molar-refractivity contribution in [2.75, 3.05) is 13.2 Å². The smallest absolute Gasteiger partial charge is 0.309 e. The van der Waals surface area contributed by atoms with Crippen LogP contribution in [0.2, 0.25) is 0 Å². The number of aliphatic hydroxyl groups is 1. The van der Waals surface area contributed by atoms with Gasteiger partial charge in [-0.1, -0.05) is 32.3 Å². The highest BCUT2D eigenvalue weighted by molar-refractivity contribution is 5.73. The Bertz CT molecular complexity index is 458. The second-order valence-corrected chi connectivity index (χ2v) is 5.45. The van der Waals surface area contributed by atoms with Crippen molar-refractivity contribution < 1.29 is 24.9 Å². The van der Waals surface area contributed by atoms with Crippen LogP contribution in [0, 0.1) is 5.92 Å². The summed E-state index contributed by atoms with van der Waals surface area (Å²) in [5.74, 6) is -0.929. The maximum absolute atomic E-state index is 12.1. The van der Waals surface area contributed by atoms with Crippen molar-refractivity contribution in [3.05, 3.63) is 23.8 Å². The first-order chi connectivity index (χ1) is 10.6.